The lowest BCUT2D eigenvalue weighted by molar-refractivity contribution is -0.113. The molecular formula is C12H12ClN3OS2. The van der Waals surface area contributed by atoms with Crippen LogP contribution in [0, 0.1) is 13.8 Å². The highest BCUT2D eigenvalue weighted by Crippen LogP contribution is 2.23. The third kappa shape index (κ3) is 4.19. The van der Waals surface area contributed by atoms with Crippen molar-refractivity contribution in [1.82, 2.24) is 10.2 Å². The Morgan fingerprint density at radius 2 is 2.21 bits per heavy atom. The molecule has 100 valence electrons. The minimum atomic E-state index is -0.0664. The summed E-state index contributed by atoms with van der Waals surface area (Å²) in [6.45, 7) is 3.79. The van der Waals surface area contributed by atoms with Gasteiger partial charge in [0, 0.05) is 10.7 Å². The first kappa shape index (κ1) is 14.3. The van der Waals surface area contributed by atoms with Gasteiger partial charge in [-0.15, -0.1) is 10.2 Å². The van der Waals surface area contributed by atoms with E-state index in [9.17, 15) is 4.79 Å². The van der Waals surface area contributed by atoms with E-state index < -0.39 is 0 Å². The molecule has 0 aliphatic rings. The topological polar surface area (TPSA) is 54.9 Å². The molecule has 0 aliphatic carbocycles. The number of carbonyl (C=O) groups excluding carboxylic acids is 1. The fraction of sp³-hybridized carbons (Fsp3) is 0.250. The van der Waals surface area contributed by atoms with Gasteiger partial charge in [-0.1, -0.05) is 34.7 Å². The number of aromatic nitrogens is 2. The summed E-state index contributed by atoms with van der Waals surface area (Å²) in [6, 6.07) is 5.37. The molecule has 4 nitrogen and oxygen atoms in total. The van der Waals surface area contributed by atoms with Crippen molar-refractivity contribution in [2.45, 2.75) is 18.2 Å². The van der Waals surface area contributed by atoms with Crippen LogP contribution in [-0.4, -0.2) is 21.9 Å². The van der Waals surface area contributed by atoms with Gasteiger partial charge in [0.2, 0.25) is 5.91 Å². The first-order valence-electron chi connectivity index (χ1n) is 5.53. The maximum absolute atomic E-state index is 11.8. The number of anilines is 1. The molecule has 0 saturated heterocycles. The van der Waals surface area contributed by atoms with Gasteiger partial charge in [0.05, 0.1) is 5.75 Å². The average molecular weight is 314 g/mol. The molecule has 0 saturated carbocycles. The van der Waals surface area contributed by atoms with E-state index in [0.717, 1.165) is 20.6 Å². The molecular weight excluding hydrogens is 302 g/mol. The van der Waals surface area contributed by atoms with E-state index in [0.29, 0.717) is 10.8 Å². The number of halogens is 1. The summed E-state index contributed by atoms with van der Waals surface area (Å²) in [6.07, 6.45) is 0. The van der Waals surface area contributed by atoms with Gasteiger partial charge in [-0.05, 0) is 37.6 Å². The first-order valence-corrected chi connectivity index (χ1v) is 7.71. The summed E-state index contributed by atoms with van der Waals surface area (Å²) in [4.78, 5) is 11.8. The zero-order valence-corrected chi connectivity index (χ0v) is 12.8. The molecule has 1 aromatic carbocycles. The minimum absolute atomic E-state index is 0.0664. The van der Waals surface area contributed by atoms with Gasteiger partial charge in [-0.3, -0.25) is 4.79 Å². The van der Waals surface area contributed by atoms with Gasteiger partial charge in [0.1, 0.15) is 5.01 Å². The van der Waals surface area contributed by atoms with Crippen LogP contribution < -0.4 is 5.32 Å². The second kappa shape index (κ2) is 6.36. The molecule has 1 aromatic heterocycles. The lowest BCUT2D eigenvalue weighted by Crippen LogP contribution is -2.14. The number of hydrogen-bond donors (Lipinski definition) is 1. The van der Waals surface area contributed by atoms with Crippen molar-refractivity contribution in [2.24, 2.45) is 0 Å². The molecule has 2 aromatic rings. The number of thioether (sulfide) groups is 1. The van der Waals surface area contributed by atoms with Crippen LogP contribution in [-0.2, 0) is 4.79 Å². The van der Waals surface area contributed by atoms with E-state index in [1.54, 1.807) is 12.1 Å². The van der Waals surface area contributed by atoms with E-state index in [1.807, 2.05) is 19.9 Å². The van der Waals surface area contributed by atoms with Gasteiger partial charge >= 0.3 is 0 Å². The van der Waals surface area contributed by atoms with Gasteiger partial charge < -0.3 is 5.32 Å². The normalized spacial score (nSPS) is 10.5. The lowest BCUT2D eigenvalue weighted by Gasteiger charge is -2.07. The highest BCUT2D eigenvalue weighted by Gasteiger charge is 2.08. The third-order valence-electron chi connectivity index (χ3n) is 2.30. The highest BCUT2D eigenvalue weighted by atomic mass is 35.5. The van der Waals surface area contributed by atoms with Crippen molar-refractivity contribution < 1.29 is 4.79 Å². The number of amides is 1. The number of aryl methyl sites for hydroxylation is 2. The molecule has 7 heteroatoms. The fourth-order valence-corrected chi connectivity index (χ4v) is 3.26. The SMILES string of the molecule is Cc1nnc(SCC(=O)Nc2ccc(Cl)cc2C)s1. The van der Waals surface area contributed by atoms with Crippen LogP contribution in [0.2, 0.25) is 5.02 Å². The predicted octanol–water partition coefficient (Wildman–Crippen LogP) is 3.54. The number of carbonyl (C=O) groups is 1. The molecule has 1 amide bonds. The summed E-state index contributed by atoms with van der Waals surface area (Å²) >= 11 is 8.74. The van der Waals surface area contributed by atoms with Gasteiger partial charge in [-0.25, -0.2) is 0 Å². The number of rotatable bonds is 4. The standard InChI is InChI=1S/C12H12ClN3OS2/c1-7-5-9(13)3-4-10(7)14-11(17)6-18-12-16-15-8(2)19-12/h3-5H,6H2,1-2H3,(H,14,17). The largest absolute Gasteiger partial charge is 0.325 e. The van der Waals surface area contributed by atoms with Crippen molar-refractivity contribution in [1.29, 1.82) is 0 Å². The van der Waals surface area contributed by atoms with E-state index in [4.69, 9.17) is 11.6 Å². The van der Waals surface area contributed by atoms with Crippen LogP contribution in [0.1, 0.15) is 10.6 Å². The fourth-order valence-electron chi connectivity index (χ4n) is 1.42. The molecule has 1 N–H and O–H groups in total. The number of benzene rings is 1. The van der Waals surface area contributed by atoms with Crippen LogP contribution in [0.25, 0.3) is 0 Å². The molecule has 0 fully saturated rings. The zero-order chi connectivity index (χ0) is 13.8. The quantitative estimate of drug-likeness (QED) is 0.877. The van der Waals surface area contributed by atoms with Crippen molar-refractivity contribution in [2.75, 3.05) is 11.1 Å². The smallest absolute Gasteiger partial charge is 0.234 e. The number of nitrogens with one attached hydrogen (secondary N) is 1. The minimum Gasteiger partial charge on any atom is -0.325 e. The van der Waals surface area contributed by atoms with Gasteiger partial charge in [0.15, 0.2) is 4.34 Å². The van der Waals surface area contributed by atoms with E-state index in [2.05, 4.69) is 15.5 Å². The van der Waals surface area contributed by atoms with Gasteiger partial charge in [-0.2, -0.15) is 0 Å². The lowest BCUT2D eigenvalue weighted by atomic mass is 10.2. The van der Waals surface area contributed by atoms with Gasteiger partial charge in [0.25, 0.3) is 0 Å². The summed E-state index contributed by atoms with van der Waals surface area (Å²) in [5.41, 5.74) is 1.72. The first-order chi connectivity index (χ1) is 9.04. The van der Waals surface area contributed by atoms with E-state index >= 15 is 0 Å². The molecule has 0 atom stereocenters. The van der Waals surface area contributed by atoms with E-state index in [1.165, 1.54) is 23.1 Å². The second-order valence-corrected chi connectivity index (χ2v) is 6.72. The molecule has 0 radical (unpaired) electrons. The molecule has 1 heterocycles. The van der Waals surface area contributed by atoms with E-state index in [-0.39, 0.29) is 5.91 Å². The molecule has 2 rings (SSSR count). The average Bonchev–Trinajstić information content (AvgIpc) is 2.76. The second-order valence-electron chi connectivity index (χ2n) is 3.88. The summed E-state index contributed by atoms with van der Waals surface area (Å²) in [5.74, 6) is 0.250. The van der Waals surface area contributed by atoms with Crippen LogP contribution in [0.5, 0.6) is 0 Å². The van der Waals surface area contributed by atoms with Crippen molar-refractivity contribution in [3.8, 4) is 0 Å². The molecule has 0 bridgehead atoms. The monoisotopic (exact) mass is 313 g/mol. The van der Waals surface area contributed by atoms with Crippen LogP contribution in [0.15, 0.2) is 22.5 Å². The molecule has 0 aliphatic heterocycles. The molecule has 0 spiro atoms. The Hall–Kier alpha value is -1.11. The van der Waals surface area contributed by atoms with Crippen molar-refractivity contribution in [3.63, 3.8) is 0 Å². The number of hydrogen-bond acceptors (Lipinski definition) is 5. The molecule has 0 unspecified atom stereocenters. The maximum atomic E-state index is 11.8. The van der Waals surface area contributed by atoms with Crippen molar-refractivity contribution >= 4 is 46.3 Å². The number of nitrogens with zero attached hydrogens (tertiary/aromatic N) is 2. The van der Waals surface area contributed by atoms with Crippen molar-refractivity contribution in [3.05, 3.63) is 33.8 Å². The van der Waals surface area contributed by atoms with Crippen LogP contribution in [0.3, 0.4) is 0 Å². The zero-order valence-electron chi connectivity index (χ0n) is 10.4. The molecule has 19 heavy (non-hydrogen) atoms. The Morgan fingerprint density at radius 1 is 1.42 bits per heavy atom. The summed E-state index contributed by atoms with van der Waals surface area (Å²) in [5, 5.41) is 12.3. The third-order valence-corrected chi connectivity index (χ3v) is 4.50. The van der Waals surface area contributed by atoms with Crippen LogP contribution >= 0.6 is 34.7 Å². The Labute approximate surface area is 124 Å². The Bertz CT molecular complexity index is 600. The Kier molecular flexibility index (Phi) is 4.79. The summed E-state index contributed by atoms with van der Waals surface area (Å²) in [7, 11) is 0. The predicted molar refractivity (Wildman–Crippen MR) is 80.2 cm³/mol. The maximum Gasteiger partial charge on any atom is 0.234 e. The Morgan fingerprint density at radius 3 is 2.84 bits per heavy atom. The summed E-state index contributed by atoms with van der Waals surface area (Å²) < 4.78 is 0.806. The highest BCUT2D eigenvalue weighted by molar-refractivity contribution is 8.01. The Balaban J connectivity index is 1.90. The van der Waals surface area contributed by atoms with Crippen LogP contribution in [0.4, 0.5) is 5.69 Å².